The molecule has 0 spiro atoms. The summed E-state index contributed by atoms with van der Waals surface area (Å²) >= 11 is 0. The Kier molecular flexibility index (Phi) is 5.23. The molecule has 2 heterocycles. The van der Waals surface area contributed by atoms with Crippen LogP contribution in [0.3, 0.4) is 0 Å². The highest BCUT2D eigenvalue weighted by atomic mass is 19.1. The molecule has 0 saturated heterocycles. The topological polar surface area (TPSA) is 58.4 Å². The van der Waals surface area contributed by atoms with Gasteiger partial charge < -0.3 is 14.6 Å². The maximum atomic E-state index is 14.8. The van der Waals surface area contributed by atoms with E-state index in [2.05, 4.69) is 4.98 Å². The summed E-state index contributed by atoms with van der Waals surface area (Å²) in [5.74, 6) is -0.0130. The lowest BCUT2D eigenvalue weighted by molar-refractivity contribution is -0.128. The Morgan fingerprint density at radius 3 is 2.44 bits per heavy atom. The first-order valence-electron chi connectivity index (χ1n) is 8.80. The number of amides is 1. The van der Waals surface area contributed by atoms with Crippen LogP contribution in [0.25, 0.3) is 11.5 Å². The van der Waals surface area contributed by atoms with Gasteiger partial charge in [-0.15, -0.1) is 0 Å². The van der Waals surface area contributed by atoms with E-state index in [1.54, 1.807) is 30.4 Å². The molecule has 25 heavy (non-hydrogen) atoms. The van der Waals surface area contributed by atoms with Gasteiger partial charge in [0.05, 0.1) is 11.0 Å². The minimum atomic E-state index is -1.25. The number of hydrogen-bond donors (Lipinski definition) is 1. The molecule has 3 rings (SSSR count). The van der Waals surface area contributed by atoms with Gasteiger partial charge >= 0.3 is 0 Å². The Morgan fingerprint density at radius 1 is 1.32 bits per heavy atom. The number of nitrogens with zero attached hydrogens (tertiary/aromatic N) is 3. The largest absolute Gasteiger partial charge is 0.383 e. The van der Waals surface area contributed by atoms with Crippen molar-refractivity contribution in [3.05, 3.63) is 28.2 Å². The quantitative estimate of drug-likeness (QED) is 0.885. The third-order valence-electron chi connectivity index (χ3n) is 4.51. The molecule has 2 aliphatic rings. The van der Waals surface area contributed by atoms with Gasteiger partial charge in [-0.05, 0) is 25.8 Å². The van der Waals surface area contributed by atoms with Crippen molar-refractivity contribution in [3.8, 4) is 0 Å². The van der Waals surface area contributed by atoms with Crippen LogP contribution >= 0.6 is 0 Å². The molecule has 0 saturated carbocycles. The van der Waals surface area contributed by atoms with Gasteiger partial charge in [0.2, 0.25) is 5.91 Å². The molecule has 1 N–H and O–H groups in total. The average Bonchev–Trinajstić information content (AvgIpc) is 2.84. The van der Waals surface area contributed by atoms with Crippen LogP contribution < -0.4 is 10.7 Å². The monoisotopic (exact) mass is 349 g/mol. The van der Waals surface area contributed by atoms with Crippen LogP contribution in [0.5, 0.6) is 0 Å². The lowest BCUT2D eigenvalue weighted by atomic mass is 9.97. The molecule has 1 amide bonds. The van der Waals surface area contributed by atoms with E-state index in [0.29, 0.717) is 17.6 Å². The number of aliphatic hydroxyl groups is 1. The standard InChI is InChI=1S/C17H22FN3O2.C2H6/c1-9(2)10-6-11(18)14-15-12(7-10)20(5)13(22)8-21(15)16(19-14)17(3,4)23;1-2/h6,9,23H,7-8H2,1-5H3;1-2H3. The summed E-state index contributed by atoms with van der Waals surface area (Å²) in [5, 5.41) is 11.2. The van der Waals surface area contributed by atoms with E-state index in [4.69, 9.17) is 0 Å². The fraction of sp³-hybridized carbons (Fsp3) is 0.579. The zero-order valence-electron chi connectivity index (χ0n) is 16.1. The molecule has 0 bridgehead atoms. The van der Waals surface area contributed by atoms with E-state index in [-0.39, 0.29) is 23.7 Å². The molecule has 1 aliphatic carbocycles. The second-order valence-electron chi connectivity index (χ2n) is 7.08. The minimum Gasteiger partial charge on any atom is -0.383 e. The van der Waals surface area contributed by atoms with Crippen molar-refractivity contribution in [1.29, 1.82) is 0 Å². The number of hydrogen-bond acceptors (Lipinski definition) is 3. The van der Waals surface area contributed by atoms with Crippen molar-refractivity contribution in [3.63, 3.8) is 0 Å². The van der Waals surface area contributed by atoms with Crippen molar-refractivity contribution in [2.24, 2.45) is 5.92 Å². The van der Waals surface area contributed by atoms with E-state index < -0.39 is 11.4 Å². The van der Waals surface area contributed by atoms with Crippen molar-refractivity contribution in [2.45, 2.75) is 60.1 Å². The molecule has 1 aromatic rings. The zero-order valence-corrected chi connectivity index (χ0v) is 16.1. The van der Waals surface area contributed by atoms with Crippen LogP contribution in [0, 0.1) is 5.92 Å². The van der Waals surface area contributed by atoms with Crippen molar-refractivity contribution in [1.82, 2.24) is 14.5 Å². The van der Waals surface area contributed by atoms with E-state index in [0.717, 1.165) is 11.3 Å². The highest BCUT2D eigenvalue weighted by Gasteiger charge is 2.33. The maximum Gasteiger partial charge on any atom is 0.246 e. The van der Waals surface area contributed by atoms with Gasteiger partial charge in [0, 0.05) is 13.5 Å². The van der Waals surface area contributed by atoms with Crippen molar-refractivity contribution >= 4 is 17.4 Å². The molecule has 138 valence electrons. The summed E-state index contributed by atoms with van der Waals surface area (Å²) in [7, 11) is 1.71. The lowest BCUT2D eigenvalue weighted by Crippen LogP contribution is -2.47. The minimum absolute atomic E-state index is 0.0615. The SMILES string of the molecule is CC.CC(C)C1=CC(F)=c2nc(C(C)(C)O)n3c2=C(C1)N(C)C(=O)C3. The van der Waals surface area contributed by atoms with Crippen molar-refractivity contribution in [2.75, 3.05) is 7.05 Å². The van der Waals surface area contributed by atoms with Crippen molar-refractivity contribution < 1.29 is 14.3 Å². The number of halogens is 1. The average molecular weight is 349 g/mol. The summed E-state index contributed by atoms with van der Waals surface area (Å²) in [6.07, 6.45) is 2.02. The summed E-state index contributed by atoms with van der Waals surface area (Å²) in [5.41, 5.74) is 0.415. The number of carbonyl (C=O) groups is 1. The highest BCUT2D eigenvalue weighted by Crippen LogP contribution is 2.27. The Balaban J connectivity index is 0.00000109. The molecule has 0 radical (unpaired) electrons. The van der Waals surface area contributed by atoms with Gasteiger partial charge in [-0.25, -0.2) is 9.37 Å². The first-order valence-corrected chi connectivity index (χ1v) is 8.80. The molecule has 5 nitrogen and oxygen atoms in total. The van der Waals surface area contributed by atoms with Gasteiger partial charge in [0.1, 0.15) is 23.3 Å². The summed E-state index contributed by atoms with van der Waals surface area (Å²) in [4.78, 5) is 18.3. The Labute approximate surface area is 148 Å². The molecule has 1 aromatic heterocycles. The smallest absolute Gasteiger partial charge is 0.246 e. The van der Waals surface area contributed by atoms with Crippen LogP contribution in [0.1, 0.15) is 53.8 Å². The summed E-state index contributed by atoms with van der Waals surface area (Å²) in [6, 6.07) is 0. The third-order valence-corrected chi connectivity index (χ3v) is 4.51. The lowest BCUT2D eigenvalue weighted by Gasteiger charge is -2.28. The number of likely N-dealkylation sites (N-methyl/N-ethyl adjacent to an activating group) is 1. The number of rotatable bonds is 2. The second kappa shape index (κ2) is 6.75. The first-order chi connectivity index (χ1) is 11.6. The number of imidazole rings is 1. The second-order valence-corrected chi connectivity index (χ2v) is 7.08. The number of allylic oxidation sites excluding steroid dienone is 1. The van der Waals surface area contributed by atoms with E-state index in [1.807, 2.05) is 27.7 Å². The van der Waals surface area contributed by atoms with Crippen LogP contribution in [0.15, 0.2) is 11.6 Å². The predicted molar refractivity (Wildman–Crippen MR) is 96.3 cm³/mol. The fourth-order valence-corrected chi connectivity index (χ4v) is 3.13. The number of aromatic nitrogens is 2. The van der Waals surface area contributed by atoms with Gasteiger partial charge in [-0.1, -0.05) is 33.3 Å². The number of carbonyl (C=O) groups excluding carboxylic acids is 1. The third kappa shape index (κ3) is 3.27. The zero-order chi connectivity index (χ0) is 19.1. The van der Waals surface area contributed by atoms with Crippen LogP contribution in [-0.2, 0) is 16.9 Å². The van der Waals surface area contributed by atoms with E-state index in [9.17, 15) is 14.3 Å². The Morgan fingerprint density at radius 2 is 1.92 bits per heavy atom. The van der Waals surface area contributed by atoms with E-state index in [1.165, 1.54) is 6.08 Å². The molecule has 0 unspecified atom stereocenters. The highest BCUT2D eigenvalue weighted by molar-refractivity contribution is 5.84. The van der Waals surface area contributed by atoms with Crippen LogP contribution in [0.2, 0.25) is 0 Å². The Hall–Kier alpha value is -1.95. The molecule has 6 heteroatoms. The molecular formula is C19H28FN3O2. The van der Waals surface area contributed by atoms with Gasteiger partial charge in [-0.3, -0.25) is 4.79 Å². The molecule has 1 aliphatic heterocycles. The maximum absolute atomic E-state index is 14.8. The van der Waals surface area contributed by atoms with E-state index >= 15 is 0 Å². The molecule has 0 fully saturated rings. The summed E-state index contributed by atoms with van der Waals surface area (Å²) in [6.45, 7) is 11.3. The molecular weight excluding hydrogens is 321 g/mol. The van der Waals surface area contributed by atoms with Gasteiger partial charge in [0.15, 0.2) is 5.83 Å². The fourth-order valence-electron chi connectivity index (χ4n) is 3.13. The normalized spacial score (nSPS) is 17.1. The Bertz CT molecular complexity index is 841. The predicted octanol–water partition coefficient (Wildman–Crippen LogP) is 1.78. The van der Waals surface area contributed by atoms with Crippen LogP contribution in [0.4, 0.5) is 4.39 Å². The van der Waals surface area contributed by atoms with Crippen LogP contribution in [-0.4, -0.2) is 32.5 Å². The van der Waals surface area contributed by atoms with Gasteiger partial charge in [0.25, 0.3) is 0 Å². The summed E-state index contributed by atoms with van der Waals surface area (Å²) < 4.78 is 16.4. The molecule has 0 atom stereocenters. The molecule has 0 aromatic carbocycles. The van der Waals surface area contributed by atoms with Gasteiger partial charge in [-0.2, -0.15) is 0 Å². The first kappa shape index (κ1) is 19.4.